The van der Waals surface area contributed by atoms with Crippen LogP contribution in [-0.2, 0) is 10.2 Å². The van der Waals surface area contributed by atoms with Crippen LogP contribution in [0, 0.1) is 0 Å². The predicted molar refractivity (Wildman–Crippen MR) is 111 cm³/mol. The van der Waals surface area contributed by atoms with Gasteiger partial charge in [0.1, 0.15) is 5.75 Å². The number of nitrogens with zero attached hydrogens (tertiary/aromatic N) is 2. The fraction of sp³-hybridized carbons (Fsp3) is 0.409. The molecule has 144 valence electrons. The number of amides is 1. The van der Waals surface area contributed by atoms with Crippen LogP contribution >= 0.6 is 11.6 Å². The van der Waals surface area contributed by atoms with E-state index in [1.54, 1.807) is 24.3 Å². The Morgan fingerprint density at radius 3 is 2.11 bits per heavy atom. The molecule has 0 aliphatic carbocycles. The zero-order valence-corrected chi connectivity index (χ0v) is 17.0. The molecule has 0 N–H and O–H groups in total. The fourth-order valence-electron chi connectivity index (χ4n) is 3.15. The van der Waals surface area contributed by atoms with E-state index in [-0.39, 0.29) is 17.9 Å². The van der Waals surface area contributed by atoms with Crippen LogP contribution in [0.25, 0.3) is 0 Å². The largest absolute Gasteiger partial charge is 0.484 e. The van der Waals surface area contributed by atoms with Crippen molar-refractivity contribution in [1.82, 2.24) is 4.90 Å². The normalized spacial score (nSPS) is 15.0. The number of rotatable bonds is 4. The topological polar surface area (TPSA) is 32.8 Å². The SMILES string of the molecule is CC(C)(C)c1ccc(N2CCN(C(=O)COc3ccc(Cl)cc3)CC2)cc1. The van der Waals surface area contributed by atoms with Crippen molar-refractivity contribution in [3.05, 3.63) is 59.1 Å². The van der Waals surface area contributed by atoms with Crippen molar-refractivity contribution < 1.29 is 9.53 Å². The average molecular weight is 387 g/mol. The highest BCUT2D eigenvalue weighted by molar-refractivity contribution is 6.30. The van der Waals surface area contributed by atoms with Gasteiger partial charge in [-0.1, -0.05) is 44.5 Å². The number of benzene rings is 2. The average Bonchev–Trinajstić information content (AvgIpc) is 2.67. The summed E-state index contributed by atoms with van der Waals surface area (Å²) < 4.78 is 5.57. The summed E-state index contributed by atoms with van der Waals surface area (Å²) in [5, 5.41) is 0.653. The van der Waals surface area contributed by atoms with Crippen LogP contribution in [0.3, 0.4) is 0 Å². The first-order valence-electron chi connectivity index (χ1n) is 9.34. The van der Waals surface area contributed by atoms with Crippen LogP contribution in [0.1, 0.15) is 26.3 Å². The van der Waals surface area contributed by atoms with Gasteiger partial charge >= 0.3 is 0 Å². The van der Waals surface area contributed by atoms with E-state index in [2.05, 4.69) is 49.9 Å². The van der Waals surface area contributed by atoms with E-state index in [4.69, 9.17) is 16.3 Å². The summed E-state index contributed by atoms with van der Waals surface area (Å²) in [6.45, 7) is 9.81. The van der Waals surface area contributed by atoms with Gasteiger partial charge in [-0.3, -0.25) is 4.79 Å². The molecule has 0 saturated carbocycles. The lowest BCUT2D eigenvalue weighted by atomic mass is 9.87. The predicted octanol–water partition coefficient (Wildman–Crippen LogP) is 4.37. The number of carbonyl (C=O) groups is 1. The van der Waals surface area contributed by atoms with Gasteiger partial charge in [-0.2, -0.15) is 0 Å². The molecule has 2 aromatic rings. The van der Waals surface area contributed by atoms with E-state index in [0.29, 0.717) is 23.9 Å². The van der Waals surface area contributed by atoms with Gasteiger partial charge in [-0.25, -0.2) is 0 Å². The first-order chi connectivity index (χ1) is 12.8. The van der Waals surface area contributed by atoms with Gasteiger partial charge in [0.2, 0.25) is 0 Å². The van der Waals surface area contributed by atoms with E-state index in [1.807, 2.05) is 4.90 Å². The van der Waals surface area contributed by atoms with Gasteiger partial charge in [0.15, 0.2) is 6.61 Å². The molecule has 1 saturated heterocycles. The van der Waals surface area contributed by atoms with Gasteiger partial charge in [0, 0.05) is 36.9 Å². The molecule has 5 heteroatoms. The summed E-state index contributed by atoms with van der Waals surface area (Å²) >= 11 is 5.86. The highest BCUT2D eigenvalue weighted by Crippen LogP contribution is 2.25. The molecular weight excluding hydrogens is 360 g/mol. The Morgan fingerprint density at radius 2 is 1.56 bits per heavy atom. The molecule has 2 aromatic carbocycles. The highest BCUT2D eigenvalue weighted by Gasteiger charge is 2.22. The second-order valence-corrected chi connectivity index (χ2v) is 8.34. The monoisotopic (exact) mass is 386 g/mol. The lowest BCUT2D eigenvalue weighted by molar-refractivity contribution is -0.133. The quantitative estimate of drug-likeness (QED) is 0.782. The first kappa shape index (κ1) is 19.6. The van der Waals surface area contributed by atoms with E-state index >= 15 is 0 Å². The minimum Gasteiger partial charge on any atom is -0.484 e. The summed E-state index contributed by atoms with van der Waals surface area (Å²) in [6, 6.07) is 15.8. The molecule has 0 bridgehead atoms. The number of anilines is 1. The molecule has 0 unspecified atom stereocenters. The smallest absolute Gasteiger partial charge is 0.260 e. The standard InChI is InChI=1S/C22H27ClN2O2/c1-22(2,3)17-4-8-19(9-5-17)24-12-14-25(15-13-24)21(26)16-27-20-10-6-18(23)7-11-20/h4-11H,12-16H2,1-3H3. The Hall–Kier alpha value is -2.20. The Balaban J connectivity index is 1.49. The number of piperazine rings is 1. The third kappa shape index (κ3) is 5.16. The molecule has 1 aliphatic heterocycles. The maximum Gasteiger partial charge on any atom is 0.260 e. The maximum absolute atomic E-state index is 12.4. The van der Waals surface area contributed by atoms with Gasteiger partial charge in [-0.15, -0.1) is 0 Å². The zero-order valence-electron chi connectivity index (χ0n) is 16.2. The molecule has 27 heavy (non-hydrogen) atoms. The van der Waals surface area contributed by atoms with Crippen LogP contribution < -0.4 is 9.64 Å². The molecule has 0 aromatic heterocycles. The van der Waals surface area contributed by atoms with Crippen molar-refractivity contribution >= 4 is 23.2 Å². The number of carbonyl (C=O) groups excluding carboxylic acids is 1. The summed E-state index contributed by atoms with van der Waals surface area (Å²) in [4.78, 5) is 16.6. The van der Waals surface area contributed by atoms with Crippen molar-refractivity contribution in [2.75, 3.05) is 37.7 Å². The molecule has 1 heterocycles. The number of hydrogen-bond donors (Lipinski definition) is 0. The second-order valence-electron chi connectivity index (χ2n) is 7.91. The van der Waals surface area contributed by atoms with Gasteiger partial charge in [0.25, 0.3) is 5.91 Å². The van der Waals surface area contributed by atoms with Crippen LogP contribution in [0.15, 0.2) is 48.5 Å². The van der Waals surface area contributed by atoms with Gasteiger partial charge < -0.3 is 14.5 Å². The molecular formula is C22H27ClN2O2. The van der Waals surface area contributed by atoms with Crippen molar-refractivity contribution in [2.24, 2.45) is 0 Å². The van der Waals surface area contributed by atoms with Crippen molar-refractivity contribution in [3.8, 4) is 5.75 Å². The van der Waals surface area contributed by atoms with Crippen LogP contribution in [0.5, 0.6) is 5.75 Å². The second kappa shape index (κ2) is 8.22. The van der Waals surface area contributed by atoms with E-state index < -0.39 is 0 Å². The van der Waals surface area contributed by atoms with Crippen molar-refractivity contribution in [3.63, 3.8) is 0 Å². The molecule has 1 aliphatic rings. The van der Waals surface area contributed by atoms with Gasteiger partial charge in [0.05, 0.1) is 0 Å². The van der Waals surface area contributed by atoms with Crippen molar-refractivity contribution in [1.29, 1.82) is 0 Å². The van der Waals surface area contributed by atoms with Gasteiger partial charge in [-0.05, 0) is 47.4 Å². The fourth-order valence-corrected chi connectivity index (χ4v) is 3.28. The number of ether oxygens (including phenoxy) is 1. The maximum atomic E-state index is 12.4. The molecule has 1 fully saturated rings. The van der Waals surface area contributed by atoms with E-state index in [1.165, 1.54) is 11.3 Å². The van der Waals surface area contributed by atoms with Crippen LogP contribution in [-0.4, -0.2) is 43.6 Å². The Labute approximate surface area is 166 Å². The molecule has 0 spiro atoms. The van der Waals surface area contributed by atoms with Crippen LogP contribution in [0.2, 0.25) is 5.02 Å². The lowest BCUT2D eigenvalue weighted by Gasteiger charge is -2.36. The number of hydrogen-bond acceptors (Lipinski definition) is 3. The molecule has 1 amide bonds. The summed E-state index contributed by atoms with van der Waals surface area (Å²) in [5.41, 5.74) is 2.71. The summed E-state index contributed by atoms with van der Waals surface area (Å²) in [7, 11) is 0. The Kier molecular flexibility index (Phi) is 5.95. The minimum atomic E-state index is 0.0210. The van der Waals surface area contributed by atoms with E-state index in [0.717, 1.165) is 13.1 Å². The highest BCUT2D eigenvalue weighted by atomic mass is 35.5. The van der Waals surface area contributed by atoms with Crippen LogP contribution in [0.4, 0.5) is 5.69 Å². The summed E-state index contributed by atoms with van der Waals surface area (Å²) in [6.07, 6.45) is 0. The third-order valence-electron chi connectivity index (χ3n) is 4.91. The Morgan fingerprint density at radius 1 is 0.963 bits per heavy atom. The molecule has 0 radical (unpaired) electrons. The zero-order chi connectivity index (χ0) is 19.4. The first-order valence-corrected chi connectivity index (χ1v) is 9.72. The molecule has 3 rings (SSSR count). The molecule has 4 nitrogen and oxygen atoms in total. The lowest BCUT2D eigenvalue weighted by Crippen LogP contribution is -2.50. The Bertz CT molecular complexity index is 758. The third-order valence-corrected chi connectivity index (χ3v) is 5.16. The van der Waals surface area contributed by atoms with E-state index in [9.17, 15) is 4.79 Å². The summed E-state index contributed by atoms with van der Waals surface area (Å²) in [5.74, 6) is 0.679. The minimum absolute atomic E-state index is 0.0210. The number of halogens is 1. The van der Waals surface area contributed by atoms with Crippen molar-refractivity contribution in [2.45, 2.75) is 26.2 Å². The molecule has 0 atom stereocenters.